The van der Waals surface area contributed by atoms with Gasteiger partial charge >= 0.3 is 0 Å². The number of aromatic nitrogens is 2. The summed E-state index contributed by atoms with van der Waals surface area (Å²) in [4.78, 5) is 19.4. The van der Waals surface area contributed by atoms with Crippen LogP contribution < -0.4 is 0 Å². The zero-order valence-corrected chi connectivity index (χ0v) is 6.95. The lowest BCUT2D eigenvalue weighted by Crippen LogP contribution is -2.06. The number of rotatable bonds is 2. The minimum Gasteiger partial charge on any atom is -0.290 e. The lowest BCUT2D eigenvalue weighted by Gasteiger charge is -1.95. The third-order valence-corrected chi connectivity index (χ3v) is 1.95. The summed E-state index contributed by atoms with van der Waals surface area (Å²) in [7, 11) is 0. The molecule has 0 unspecified atom stereocenters. The second-order valence-electron chi connectivity index (χ2n) is 3.22. The van der Waals surface area contributed by atoms with Gasteiger partial charge in [-0.3, -0.25) is 4.79 Å². The molecule has 0 bridgehead atoms. The van der Waals surface area contributed by atoms with Crippen molar-refractivity contribution in [3.05, 3.63) is 23.8 Å². The molecule has 0 N–H and O–H groups in total. The fourth-order valence-electron chi connectivity index (χ4n) is 1.05. The molecule has 0 aromatic carbocycles. The average Bonchev–Trinajstić information content (AvgIpc) is 2.87. The normalized spacial score (nSPS) is 16.1. The molecule has 2 rings (SSSR count). The van der Waals surface area contributed by atoms with Crippen molar-refractivity contribution in [2.24, 2.45) is 5.92 Å². The zero-order valence-electron chi connectivity index (χ0n) is 6.95. The van der Waals surface area contributed by atoms with Gasteiger partial charge in [0.2, 0.25) is 5.78 Å². The smallest absolute Gasteiger partial charge is 0.203 e. The van der Waals surface area contributed by atoms with Gasteiger partial charge in [0.15, 0.2) is 5.82 Å². The van der Waals surface area contributed by atoms with E-state index in [0.29, 0.717) is 5.82 Å². The topological polar surface area (TPSA) is 42.9 Å². The molecule has 1 aromatic rings. The number of nitrogens with zero attached hydrogens (tertiary/aromatic N) is 2. The van der Waals surface area contributed by atoms with E-state index in [4.69, 9.17) is 0 Å². The Morgan fingerprint density at radius 1 is 1.42 bits per heavy atom. The highest BCUT2D eigenvalue weighted by atomic mass is 16.1. The van der Waals surface area contributed by atoms with Crippen molar-refractivity contribution in [3.63, 3.8) is 0 Å². The van der Waals surface area contributed by atoms with E-state index in [1.165, 1.54) is 0 Å². The SMILES string of the molecule is Cc1cnc(C(=O)C2CC2)nc1. The fourth-order valence-corrected chi connectivity index (χ4v) is 1.05. The van der Waals surface area contributed by atoms with Gasteiger partial charge in [0.1, 0.15) is 0 Å². The van der Waals surface area contributed by atoms with Crippen LogP contribution in [0.2, 0.25) is 0 Å². The van der Waals surface area contributed by atoms with Crippen molar-refractivity contribution >= 4 is 5.78 Å². The van der Waals surface area contributed by atoms with Gasteiger partial charge in [0.25, 0.3) is 0 Å². The lowest BCUT2D eigenvalue weighted by molar-refractivity contribution is 0.0957. The van der Waals surface area contributed by atoms with Crippen LogP contribution in [0.3, 0.4) is 0 Å². The second-order valence-corrected chi connectivity index (χ2v) is 3.22. The molecule has 1 aliphatic carbocycles. The lowest BCUT2D eigenvalue weighted by atomic mass is 10.2. The number of carbonyl (C=O) groups is 1. The van der Waals surface area contributed by atoms with Crippen LogP contribution in [0.4, 0.5) is 0 Å². The van der Waals surface area contributed by atoms with Gasteiger partial charge < -0.3 is 0 Å². The van der Waals surface area contributed by atoms with Crippen molar-refractivity contribution in [1.29, 1.82) is 0 Å². The Kier molecular flexibility index (Phi) is 1.64. The second kappa shape index (κ2) is 2.66. The van der Waals surface area contributed by atoms with Crippen LogP contribution in [0.25, 0.3) is 0 Å². The van der Waals surface area contributed by atoms with E-state index in [-0.39, 0.29) is 11.7 Å². The molecule has 12 heavy (non-hydrogen) atoms. The van der Waals surface area contributed by atoms with Gasteiger partial charge in [-0.1, -0.05) is 0 Å². The first-order chi connectivity index (χ1) is 5.77. The van der Waals surface area contributed by atoms with E-state index in [1.54, 1.807) is 12.4 Å². The highest BCUT2D eigenvalue weighted by molar-refractivity contribution is 5.95. The van der Waals surface area contributed by atoms with Crippen molar-refractivity contribution < 1.29 is 4.79 Å². The summed E-state index contributed by atoms with van der Waals surface area (Å²) in [5.41, 5.74) is 0.988. The van der Waals surface area contributed by atoms with E-state index < -0.39 is 0 Å². The van der Waals surface area contributed by atoms with E-state index >= 15 is 0 Å². The van der Waals surface area contributed by atoms with Crippen molar-refractivity contribution in [3.8, 4) is 0 Å². The van der Waals surface area contributed by atoms with Crippen LogP contribution in [-0.2, 0) is 0 Å². The summed E-state index contributed by atoms with van der Waals surface area (Å²) in [6.45, 7) is 1.91. The van der Waals surface area contributed by atoms with Crippen LogP contribution in [0.1, 0.15) is 29.0 Å². The monoisotopic (exact) mass is 162 g/mol. The Morgan fingerprint density at radius 3 is 2.50 bits per heavy atom. The van der Waals surface area contributed by atoms with Gasteiger partial charge in [0, 0.05) is 18.3 Å². The van der Waals surface area contributed by atoms with E-state index in [1.807, 2.05) is 6.92 Å². The standard InChI is InChI=1S/C9H10N2O/c1-6-4-10-9(11-5-6)8(12)7-2-3-7/h4-5,7H,2-3H2,1H3. The minimum absolute atomic E-state index is 0.106. The number of ketones is 1. The van der Waals surface area contributed by atoms with Crippen LogP contribution >= 0.6 is 0 Å². The summed E-state index contributed by atoms with van der Waals surface area (Å²) in [6, 6.07) is 0. The Balaban J connectivity index is 2.22. The predicted octanol–water partition coefficient (Wildman–Crippen LogP) is 1.38. The molecule has 0 saturated heterocycles. The number of hydrogen-bond donors (Lipinski definition) is 0. The number of hydrogen-bond acceptors (Lipinski definition) is 3. The molecular weight excluding hydrogens is 152 g/mol. The molecule has 3 nitrogen and oxygen atoms in total. The molecule has 1 aromatic heterocycles. The van der Waals surface area contributed by atoms with Crippen LogP contribution in [0.15, 0.2) is 12.4 Å². The van der Waals surface area contributed by atoms with Crippen LogP contribution in [0, 0.1) is 12.8 Å². The van der Waals surface area contributed by atoms with Gasteiger partial charge in [-0.25, -0.2) is 9.97 Å². The first-order valence-electron chi connectivity index (χ1n) is 4.10. The fraction of sp³-hybridized carbons (Fsp3) is 0.444. The zero-order chi connectivity index (χ0) is 8.55. The highest BCUT2D eigenvalue weighted by Gasteiger charge is 2.31. The number of carbonyl (C=O) groups excluding carboxylic acids is 1. The first kappa shape index (κ1) is 7.40. The predicted molar refractivity (Wildman–Crippen MR) is 43.8 cm³/mol. The van der Waals surface area contributed by atoms with E-state index in [9.17, 15) is 4.79 Å². The Hall–Kier alpha value is -1.25. The van der Waals surface area contributed by atoms with E-state index in [2.05, 4.69) is 9.97 Å². The third-order valence-electron chi connectivity index (χ3n) is 1.95. The Labute approximate surface area is 70.9 Å². The minimum atomic E-state index is 0.106. The maximum atomic E-state index is 11.4. The highest BCUT2D eigenvalue weighted by Crippen LogP contribution is 2.31. The molecule has 1 aliphatic rings. The Bertz CT molecular complexity index is 301. The van der Waals surface area contributed by atoms with Crippen molar-refractivity contribution in [1.82, 2.24) is 9.97 Å². The molecule has 1 fully saturated rings. The Morgan fingerprint density at radius 2 is 2.00 bits per heavy atom. The van der Waals surface area contributed by atoms with Crippen molar-refractivity contribution in [2.45, 2.75) is 19.8 Å². The van der Waals surface area contributed by atoms with Gasteiger partial charge in [0.05, 0.1) is 0 Å². The molecule has 0 radical (unpaired) electrons. The quantitative estimate of drug-likeness (QED) is 0.617. The van der Waals surface area contributed by atoms with Crippen LogP contribution in [0.5, 0.6) is 0 Å². The van der Waals surface area contributed by atoms with Gasteiger partial charge in [-0.15, -0.1) is 0 Å². The molecule has 0 atom stereocenters. The summed E-state index contributed by atoms with van der Waals surface area (Å²) in [6.07, 6.45) is 5.39. The molecule has 0 amide bonds. The molecule has 62 valence electrons. The van der Waals surface area contributed by atoms with Crippen LogP contribution in [-0.4, -0.2) is 15.8 Å². The first-order valence-corrected chi connectivity index (χ1v) is 4.10. The third kappa shape index (κ3) is 1.35. The maximum absolute atomic E-state index is 11.4. The van der Waals surface area contributed by atoms with Gasteiger partial charge in [-0.2, -0.15) is 0 Å². The molecule has 0 aliphatic heterocycles. The average molecular weight is 162 g/mol. The van der Waals surface area contributed by atoms with Gasteiger partial charge in [-0.05, 0) is 25.3 Å². The number of Topliss-reactive ketones (excluding diaryl/α,β-unsaturated/α-hetero) is 1. The molecule has 0 spiro atoms. The summed E-state index contributed by atoms with van der Waals surface area (Å²) >= 11 is 0. The maximum Gasteiger partial charge on any atom is 0.203 e. The summed E-state index contributed by atoms with van der Waals surface area (Å²) in [5, 5.41) is 0. The number of aryl methyl sites for hydroxylation is 1. The molecule has 1 saturated carbocycles. The summed E-state index contributed by atoms with van der Waals surface area (Å²) < 4.78 is 0. The molecular formula is C9H10N2O. The summed E-state index contributed by atoms with van der Waals surface area (Å²) in [5.74, 6) is 0.700. The van der Waals surface area contributed by atoms with E-state index in [0.717, 1.165) is 18.4 Å². The van der Waals surface area contributed by atoms with Crippen molar-refractivity contribution in [2.75, 3.05) is 0 Å². The molecule has 1 heterocycles. The largest absolute Gasteiger partial charge is 0.290 e. The molecule has 3 heteroatoms.